The molecule has 1 fully saturated rings. The van der Waals surface area contributed by atoms with Crippen molar-refractivity contribution in [1.82, 2.24) is 4.90 Å². The number of nitrogens with zero attached hydrogens (tertiary/aromatic N) is 3. The Morgan fingerprint density at radius 2 is 1.85 bits per heavy atom. The highest BCUT2D eigenvalue weighted by Crippen LogP contribution is 2.35. The normalized spacial score (nSPS) is 16.1. The molecule has 1 N–H and O–H groups in total. The van der Waals surface area contributed by atoms with E-state index in [1.807, 2.05) is 56.3 Å². The maximum Gasteiger partial charge on any atom is 0.335 e. The van der Waals surface area contributed by atoms with E-state index in [-0.39, 0.29) is 11.5 Å². The number of thioether (sulfide) groups is 1. The van der Waals surface area contributed by atoms with Crippen LogP contribution in [0.5, 0.6) is 0 Å². The molecule has 7 nitrogen and oxygen atoms in total. The molecule has 168 valence electrons. The molecule has 33 heavy (non-hydrogen) atoms. The lowest BCUT2D eigenvalue weighted by Crippen LogP contribution is -2.23. The van der Waals surface area contributed by atoms with Crippen molar-refractivity contribution < 1.29 is 19.1 Å². The molecule has 1 aliphatic rings. The first kappa shape index (κ1) is 22.4. The van der Waals surface area contributed by atoms with Crippen molar-refractivity contribution in [2.24, 2.45) is 4.99 Å². The highest BCUT2D eigenvalue weighted by Gasteiger charge is 2.30. The lowest BCUT2D eigenvalue weighted by molar-refractivity contribution is -0.121. The summed E-state index contributed by atoms with van der Waals surface area (Å²) >= 11 is 1.29. The Morgan fingerprint density at radius 3 is 2.48 bits per heavy atom. The lowest BCUT2D eigenvalue weighted by atomic mass is 10.0. The Kier molecular flexibility index (Phi) is 6.11. The van der Waals surface area contributed by atoms with Crippen LogP contribution in [0, 0.1) is 6.92 Å². The van der Waals surface area contributed by atoms with E-state index < -0.39 is 5.97 Å². The van der Waals surface area contributed by atoms with Crippen molar-refractivity contribution in [3.05, 3.63) is 76.4 Å². The summed E-state index contributed by atoms with van der Waals surface area (Å²) in [6.07, 6.45) is 1.70. The summed E-state index contributed by atoms with van der Waals surface area (Å²) in [5, 5.41) is 9.74. The minimum atomic E-state index is -0.971. The van der Waals surface area contributed by atoms with E-state index in [1.54, 1.807) is 37.4 Å². The number of carboxylic acids is 1. The number of hydrogen-bond donors (Lipinski definition) is 1. The van der Waals surface area contributed by atoms with E-state index in [1.165, 1.54) is 16.7 Å². The zero-order chi connectivity index (χ0) is 23.7. The second-order valence-electron chi connectivity index (χ2n) is 7.82. The predicted octanol–water partition coefficient (Wildman–Crippen LogP) is 5.25. The van der Waals surface area contributed by atoms with E-state index in [4.69, 9.17) is 9.52 Å². The van der Waals surface area contributed by atoms with Gasteiger partial charge >= 0.3 is 5.97 Å². The number of anilines is 1. The summed E-state index contributed by atoms with van der Waals surface area (Å²) in [5.41, 5.74) is 3.66. The maximum atomic E-state index is 12.7. The largest absolute Gasteiger partial charge is 0.478 e. The number of rotatable bonds is 5. The van der Waals surface area contributed by atoms with E-state index in [9.17, 15) is 9.59 Å². The zero-order valence-corrected chi connectivity index (χ0v) is 19.5. The SMILES string of the molecule is Cc1cc(C(=O)O)ccc1-c1ccc(/C=C2\SC(=Nc3ccc(N(C)C)cc3)N(C)C2=O)o1. The molecular weight excluding hydrogens is 438 g/mol. The fourth-order valence-electron chi connectivity index (χ4n) is 3.36. The van der Waals surface area contributed by atoms with Gasteiger partial charge in [-0.05, 0) is 72.8 Å². The number of carbonyl (C=O) groups is 2. The third-order valence-corrected chi connectivity index (χ3v) is 6.29. The summed E-state index contributed by atoms with van der Waals surface area (Å²) in [6.45, 7) is 1.83. The summed E-state index contributed by atoms with van der Waals surface area (Å²) in [5.74, 6) is 0.0210. The van der Waals surface area contributed by atoms with Gasteiger partial charge in [-0.25, -0.2) is 9.79 Å². The summed E-state index contributed by atoms with van der Waals surface area (Å²) in [6, 6.07) is 16.3. The maximum absolute atomic E-state index is 12.7. The van der Waals surface area contributed by atoms with Gasteiger partial charge in [-0.2, -0.15) is 0 Å². The number of hydrogen-bond acceptors (Lipinski definition) is 6. The molecule has 3 aromatic rings. The molecule has 0 saturated carbocycles. The van der Waals surface area contributed by atoms with Crippen LogP contribution in [-0.2, 0) is 4.79 Å². The number of carbonyl (C=O) groups excluding carboxylic acids is 1. The van der Waals surface area contributed by atoms with Crippen LogP contribution in [-0.4, -0.2) is 48.2 Å². The van der Waals surface area contributed by atoms with Crippen molar-refractivity contribution in [3.8, 4) is 11.3 Å². The number of furan rings is 1. The summed E-state index contributed by atoms with van der Waals surface area (Å²) in [7, 11) is 5.65. The van der Waals surface area contributed by atoms with Crippen molar-refractivity contribution in [2.45, 2.75) is 6.92 Å². The molecule has 0 bridgehead atoms. The Balaban J connectivity index is 1.56. The van der Waals surface area contributed by atoms with Gasteiger partial charge in [0.2, 0.25) is 0 Å². The topological polar surface area (TPSA) is 86.4 Å². The fourth-order valence-corrected chi connectivity index (χ4v) is 4.33. The van der Waals surface area contributed by atoms with Gasteiger partial charge in [0.15, 0.2) is 5.17 Å². The van der Waals surface area contributed by atoms with Crippen molar-refractivity contribution >= 4 is 46.3 Å². The smallest absolute Gasteiger partial charge is 0.335 e. The lowest BCUT2D eigenvalue weighted by Gasteiger charge is -2.12. The predicted molar refractivity (Wildman–Crippen MR) is 132 cm³/mol. The number of aryl methyl sites for hydroxylation is 1. The van der Waals surface area contributed by atoms with Gasteiger partial charge in [0.25, 0.3) is 5.91 Å². The van der Waals surface area contributed by atoms with Crippen LogP contribution in [0.3, 0.4) is 0 Å². The molecule has 0 spiro atoms. The van der Waals surface area contributed by atoms with Crippen LogP contribution in [0.15, 0.2) is 68.9 Å². The zero-order valence-electron chi connectivity index (χ0n) is 18.7. The number of likely N-dealkylation sites (N-methyl/N-ethyl adjacent to an activating group) is 1. The van der Waals surface area contributed by atoms with Gasteiger partial charge in [-0.3, -0.25) is 9.69 Å². The highest BCUT2D eigenvalue weighted by atomic mass is 32.2. The molecular formula is C25H23N3O4S. The minimum absolute atomic E-state index is 0.149. The first-order valence-electron chi connectivity index (χ1n) is 10.2. The Labute approximate surface area is 196 Å². The molecule has 1 aliphatic heterocycles. The monoisotopic (exact) mass is 461 g/mol. The summed E-state index contributed by atoms with van der Waals surface area (Å²) < 4.78 is 5.93. The van der Waals surface area contributed by atoms with Crippen LogP contribution in [0.4, 0.5) is 11.4 Å². The van der Waals surface area contributed by atoms with Crippen LogP contribution in [0.1, 0.15) is 21.7 Å². The third kappa shape index (κ3) is 4.70. The Morgan fingerprint density at radius 1 is 1.12 bits per heavy atom. The van der Waals surface area contributed by atoms with Crippen LogP contribution < -0.4 is 4.90 Å². The van der Waals surface area contributed by atoms with Gasteiger partial charge in [-0.1, -0.05) is 6.07 Å². The second-order valence-corrected chi connectivity index (χ2v) is 8.83. The number of benzene rings is 2. The number of carboxylic acid groups (broad SMARTS) is 1. The van der Waals surface area contributed by atoms with Gasteiger partial charge in [0.05, 0.1) is 16.2 Å². The van der Waals surface area contributed by atoms with E-state index in [2.05, 4.69) is 4.99 Å². The van der Waals surface area contributed by atoms with Crippen LogP contribution in [0.25, 0.3) is 17.4 Å². The van der Waals surface area contributed by atoms with Crippen LogP contribution >= 0.6 is 11.8 Å². The Hall–Kier alpha value is -3.78. The molecule has 1 amide bonds. The molecule has 2 heterocycles. The first-order chi connectivity index (χ1) is 15.7. The molecule has 1 saturated heterocycles. The quantitative estimate of drug-likeness (QED) is 0.522. The van der Waals surface area contributed by atoms with Crippen LogP contribution in [0.2, 0.25) is 0 Å². The fraction of sp³-hybridized carbons (Fsp3) is 0.160. The second kappa shape index (κ2) is 8.99. The molecule has 0 radical (unpaired) electrons. The average molecular weight is 462 g/mol. The van der Waals surface area contributed by atoms with Crippen molar-refractivity contribution in [3.63, 3.8) is 0 Å². The minimum Gasteiger partial charge on any atom is -0.478 e. The first-order valence-corrected chi connectivity index (χ1v) is 11.0. The Bertz CT molecular complexity index is 1290. The molecule has 4 rings (SSSR count). The highest BCUT2D eigenvalue weighted by molar-refractivity contribution is 8.18. The van der Waals surface area contributed by atoms with E-state index in [0.717, 1.165) is 22.5 Å². The number of aromatic carboxylic acids is 1. The van der Waals surface area contributed by atoms with E-state index in [0.29, 0.717) is 21.6 Å². The van der Waals surface area contributed by atoms with Gasteiger partial charge in [-0.15, -0.1) is 0 Å². The molecule has 1 aromatic heterocycles. The number of amides is 1. The summed E-state index contributed by atoms with van der Waals surface area (Å²) in [4.78, 5) is 32.6. The molecule has 0 atom stereocenters. The average Bonchev–Trinajstić information content (AvgIpc) is 3.34. The standard InChI is InChI=1S/C25H23N3O4S/c1-15-13-16(24(30)31)5-11-20(15)21-12-10-19(32-21)14-22-23(29)28(4)25(33-22)26-17-6-8-18(9-7-17)27(2)3/h5-14H,1-4H3,(H,30,31)/b22-14-,26-25?. The molecule has 0 unspecified atom stereocenters. The third-order valence-electron chi connectivity index (χ3n) is 5.23. The van der Waals surface area contributed by atoms with Gasteiger partial charge in [0.1, 0.15) is 11.5 Å². The van der Waals surface area contributed by atoms with E-state index >= 15 is 0 Å². The van der Waals surface area contributed by atoms with Gasteiger partial charge < -0.3 is 14.4 Å². The van der Waals surface area contributed by atoms with Crippen molar-refractivity contribution in [1.29, 1.82) is 0 Å². The molecule has 2 aromatic carbocycles. The van der Waals surface area contributed by atoms with Crippen molar-refractivity contribution in [2.75, 3.05) is 26.0 Å². The van der Waals surface area contributed by atoms with Gasteiger partial charge in [0, 0.05) is 38.5 Å². The number of amidine groups is 1. The molecule has 0 aliphatic carbocycles. The molecule has 8 heteroatoms. The number of aliphatic imine (C=N–C) groups is 1.